The van der Waals surface area contributed by atoms with Gasteiger partial charge in [-0.2, -0.15) is 0 Å². The largest absolute Gasteiger partial charge is 0.329 e. The highest BCUT2D eigenvalue weighted by Crippen LogP contribution is 2.35. The van der Waals surface area contributed by atoms with Crippen LogP contribution >= 0.6 is 11.8 Å². The predicted molar refractivity (Wildman–Crippen MR) is 55.9 cm³/mol. The van der Waals surface area contributed by atoms with E-state index in [1.54, 1.807) is 11.8 Å². The van der Waals surface area contributed by atoms with Gasteiger partial charge in [0.25, 0.3) is 0 Å². The SMILES string of the molecule is CC(CN)SCc1nnnn1C1CC1. The summed E-state index contributed by atoms with van der Waals surface area (Å²) in [5.74, 6) is 1.85. The molecule has 0 aliphatic heterocycles. The Balaban J connectivity index is 1.91. The standard InChI is InChI=1S/C8H15N5S/c1-6(4-9)14-5-8-10-11-12-13(8)7-2-3-7/h6-7H,2-5,9H2,1H3. The summed E-state index contributed by atoms with van der Waals surface area (Å²) in [7, 11) is 0. The molecule has 1 aromatic heterocycles. The molecule has 0 bridgehead atoms. The van der Waals surface area contributed by atoms with E-state index in [2.05, 4.69) is 22.4 Å². The summed E-state index contributed by atoms with van der Waals surface area (Å²) >= 11 is 1.81. The topological polar surface area (TPSA) is 69.6 Å². The zero-order valence-electron chi connectivity index (χ0n) is 8.26. The first-order valence-electron chi connectivity index (χ1n) is 4.89. The molecule has 1 fully saturated rings. The van der Waals surface area contributed by atoms with Gasteiger partial charge in [-0.1, -0.05) is 6.92 Å². The molecular weight excluding hydrogens is 198 g/mol. The van der Waals surface area contributed by atoms with Gasteiger partial charge >= 0.3 is 0 Å². The molecule has 0 radical (unpaired) electrons. The van der Waals surface area contributed by atoms with Crippen molar-refractivity contribution in [3.63, 3.8) is 0 Å². The van der Waals surface area contributed by atoms with Gasteiger partial charge in [-0.15, -0.1) is 16.9 Å². The quantitative estimate of drug-likeness (QED) is 0.775. The third kappa shape index (κ3) is 2.24. The van der Waals surface area contributed by atoms with Crippen LogP contribution in [-0.2, 0) is 5.75 Å². The summed E-state index contributed by atoms with van der Waals surface area (Å²) in [5.41, 5.74) is 5.54. The van der Waals surface area contributed by atoms with Crippen LogP contribution in [-0.4, -0.2) is 32.0 Å². The minimum Gasteiger partial charge on any atom is -0.329 e. The van der Waals surface area contributed by atoms with Crippen molar-refractivity contribution in [1.29, 1.82) is 0 Å². The lowest BCUT2D eigenvalue weighted by Gasteiger charge is -2.07. The third-order valence-electron chi connectivity index (χ3n) is 2.28. The fraction of sp³-hybridized carbons (Fsp3) is 0.875. The van der Waals surface area contributed by atoms with E-state index >= 15 is 0 Å². The lowest BCUT2D eigenvalue weighted by atomic mass is 10.5. The van der Waals surface area contributed by atoms with Gasteiger partial charge < -0.3 is 5.73 Å². The second-order valence-corrected chi connectivity index (χ2v) is 5.05. The molecule has 5 nitrogen and oxygen atoms in total. The van der Waals surface area contributed by atoms with Crippen molar-refractivity contribution in [2.75, 3.05) is 6.54 Å². The summed E-state index contributed by atoms with van der Waals surface area (Å²) in [4.78, 5) is 0. The van der Waals surface area contributed by atoms with Gasteiger partial charge in [0.2, 0.25) is 0 Å². The monoisotopic (exact) mass is 213 g/mol. The van der Waals surface area contributed by atoms with E-state index in [-0.39, 0.29) is 0 Å². The number of hydrogen-bond donors (Lipinski definition) is 1. The number of rotatable bonds is 5. The zero-order chi connectivity index (χ0) is 9.97. The summed E-state index contributed by atoms with van der Waals surface area (Å²) in [5, 5.41) is 12.2. The molecule has 2 rings (SSSR count). The first-order valence-corrected chi connectivity index (χ1v) is 5.94. The number of nitrogens with zero attached hydrogens (tertiary/aromatic N) is 4. The number of thioether (sulfide) groups is 1. The number of aromatic nitrogens is 4. The van der Waals surface area contributed by atoms with Gasteiger partial charge in [0.1, 0.15) is 0 Å². The second-order valence-electron chi connectivity index (χ2n) is 3.63. The Hall–Kier alpha value is -0.620. The Kier molecular flexibility index (Phi) is 3.02. The Morgan fingerprint density at radius 1 is 1.64 bits per heavy atom. The molecule has 1 aromatic rings. The number of nitrogens with two attached hydrogens (primary N) is 1. The highest BCUT2D eigenvalue weighted by Gasteiger charge is 2.27. The minimum atomic E-state index is 0.472. The molecule has 0 spiro atoms. The van der Waals surface area contributed by atoms with Crippen LogP contribution in [0.1, 0.15) is 31.6 Å². The Morgan fingerprint density at radius 3 is 3.07 bits per heavy atom. The van der Waals surface area contributed by atoms with E-state index in [0.29, 0.717) is 17.8 Å². The molecule has 2 N–H and O–H groups in total. The van der Waals surface area contributed by atoms with Crippen molar-refractivity contribution in [2.45, 2.75) is 36.8 Å². The maximum Gasteiger partial charge on any atom is 0.161 e. The van der Waals surface area contributed by atoms with Crippen molar-refractivity contribution in [1.82, 2.24) is 20.2 Å². The minimum absolute atomic E-state index is 0.472. The Morgan fingerprint density at radius 2 is 2.43 bits per heavy atom. The lowest BCUT2D eigenvalue weighted by molar-refractivity contribution is 0.593. The van der Waals surface area contributed by atoms with Crippen LogP contribution in [0.3, 0.4) is 0 Å². The van der Waals surface area contributed by atoms with Gasteiger partial charge in [-0.05, 0) is 23.3 Å². The average molecular weight is 213 g/mol. The molecule has 0 amide bonds. The first-order chi connectivity index (χ1) is 6.81. The van der Waals surface area contributed by atoms with Gasteiger partial charge in [0, 0.05) is 11.8 Å². The van der Waals surface area contributed by atoms with Crippen LogP contribution in [0.15, 0.2) is 0 Å². The second kappa shape index (κ2) is 4.27. The fourth-order valence-corrected chi connectivity index (χ4v) is 1.95. The van der Waals surface area contributed by atoms with Crippen molar-refractivity contribution in [2.24, 2.45) is 5.73 Å². The van der Waals surface area contributed by atoms with E-state index in [0.717, 1.165) is 11.6 Å². The average Bonchev–Trinajstić information content (AvgIpc) is 2.94. The molecule has 0 aromatic carbocycles. The molecule has 1 unspecified atom stereocenters. The molecule has 6 heteroatoms. The smallest absolute Gasteiger partial charge is 0.161 e. The first kappa shape index (κ1) is 9.92. The summed E-state index contributed by atoms with van der Waals surface area (Å²) in [6.45, 7) is 2.82. The number of tetrazole rings is 1. The Bertz CT molecular complexity index is 296. The zero-order valence-corrected chi connectivity index (χ0v) is 9.07. The molecular formula is C8H15N5S. The van der Waals surface area contributed by atoms with Gasteiger partial charge in [-0.3, -0.25) is 0 Å². The summed E-state index contributed by atoms with van der Waals surface area (Å²) < 4.78 is 1.95. The molecule has 14 heavy (non-hydrogen) atoms. The van der Waals surface area contributed by atoms with E-state index in [4.69, 9.17) is 5.73 Å². The van der Waals surface area contributed by atoms with E-state index in [9.17, 15) is 0 Å². The van der Waals surface area contributed by atoms with Crippen LogP contribution in [0.5, 0.6) is 0 Å². The molecule has 0 saturated heterocycles. The van der Waals surface area contributed by atoms with E-state index in [1.165, 1.54) is 12.8 Å². The van der Waals surface area contributed by atoms with Gasteiger partial charge in [0.15, 0.2) is 5.82 Å². The fourth-order valence-electron chi connectivity index (χ4n) is 1.19. The van der Waals surface area contributed by atoms with E-state index in [1.807, 2.05) is 4.68 Å². The third-order valence-corrected chi connectivity index (χ3v) is 3.47. The summed E-state index contributed by atoms with van der Waals surface area (Å²) in [6.07, 6.45) is 2.43. The van der Waals surface area contributed by atoms with Crippen LogP contribution in [0.2, 0.25) is 0 Å². The molecule has 78 valence electrons. The van der Waals surface area contributed by atoms with Crippen molar-refractivity contribution >= 4 is 11.8 Å². The molecule has 1 heterocycles. The lowest BCUT2D eigenvalue weighted by Crippen LogP contribution is -2.13. The van der Waals surface area contributed by atoms with Crippen molar-refractivity contribution in [3.8, 4) is 0 Å². The summed E-state index contributed by atoms with van der Waals surface area (Å²) in [6, 6.07) is 0.564. The molecule has 1 atom stereocenters. The van der Waals surface area contributed by atoms with Crippen LogP contribution in [0.25, 0.3) is 0 Å². The molecule has 1 aliphatic rings. The molecule has 1 aliphatic carbocycles. The highest BCUT2D eigenvalue weighted by atomic mass is 32.2. The van der Waals surface area contributed by atoms with E-state index < -0.39 is 0 Å². The maximum atomic E-state index is 5.54. The molecule has 1 saturated carbocycles. The maximum absolute atomic E-state index is 5.54. The van der Waals surface area contributed by atoms with Crippen LogP contribution < -0.4 is 5.73 Å². The van der Waals surface area contributed by atoms with Crippen LogP contribution in [0, 0.1) is 0 Å². The van der Waals surface area contributed by atoms with Crippen molar-refractivity contribution in [3.05, 3.63) is 5.82 Å². The Labute approximate surface area is 87.4 Å². The predicted octanol–water partition coefficient (Wildman–Crippen LogP) is 0.588. The van der Waals surface area contributed by atoms with Crippen LogP contribution in [0.4, 0.5) is 0 Å². The number of hydrogen-bond acceptors (Lipinski definition) is 5. The highest BCUT2D eigenvalue weighted by molar-refractivity contribution is 7.99. The normalized spacial score (nSPS) is 18.4. The van der Waals surface area contributed by atoms with Gasteiger partial charge in [0.05, 0.1) is 11.8 Å². The van der Waals surface area contributed by atoms with Gasteiger partial charge in [-0.25, -0.2) is 4.68 Å². The van der Waals surface area contributed by atoms with Crippen molar-refractivity contribution < 1.29 is 0 Å².